The van der Waals surface area contributed by atoms with Crippen LogP contribution < -0.4 is 4.74 Å². The molecule has 0 atom stereocenters. The van der Waals surface area contributed by atoms with Crippen LogP contribution in [-0.4, -0.2) is 59.2 Å². The zero-order valence-electron chi connectivity index (χ0n) is 14.8. The Kier molecular flexibility index (Phi) is 5.65. The predicted molar refractivity (Wildman–Crippen MR) is 92.2 cm³/mol. The quantitative estimate of drug-likeness (QED) is 0.821. The Hall–Kier alpha value is -2.41. The molecule has 0 bridgehead atoms. The molecule has 2 aromatic rings. The number of carbonyl (C=O) groups is 1. The SMILES string of the molecule is COc1ccc(CC(=O)N2CCCN(Cc3nnc(C)o3)CC2)cc1. The van der Waals surface area contributed by atoms with Crippen molar-refractivity contribution >= 4 is 5.91 Å². The van der Waals surface area contributed by atoms with E-state index in [1.165, 1.54) is 0 Å². The van der Waals surface area contributed by atoms with E-state index < -0.39 is 0 Å². The fourth-order valence-corrected chi connectivity index (χ4v) is 3.00. The first-order chi connectivity index (χ1) is 12.1. The second-order valence-electron chi connectivity index (χ2n) is 6.25. The standard InChI is InChI=1S/C18H24N4O3/c1-14-19-20-17(25-14)13-21-8-3-9-22(11-10-21)18(23)12-15-4-6-16(24-2)7-5-15/h4-7H,3,8-13H2,1-2H3. The summed E-state index contributed by atoms with van der Waals surface area (Å²) in [6.07, 6.45) is 1.37. The zero-order valence-corrected chi connectivity index (χ0v) is 14.8. The summed E-state index contributed by atoms with van der Waals surface area (Å²) in [5, 5.41) is 7.91. The average molecular weight is 344 g/mol. The molecule has 0 N–H and O–H groups in total. The first-order valence-corrected chi connectivity index (χ1v) is 8.56. The summed E-state index contributed by atoms with van der Waals surface area (Å²) >= 11 is 0. The van der Waals surface area contributed by atoms with Gasteiger partial charge < -0.3 is 14.1 Å². The van der Waals surface area contributed by atoms with E-state index in [0.29, 0.717) is 24.7 Å². The van der Waals surface area contributed by atoms with Gasteiger partial charge >= 0.3 is 0 Å². The highest BCUT2D eigenvalue weighted by Crippen LogP contribution is 2.14. The molecule has 0 radical (unpaired) electrons. The lowest BCUT2D eigenvalue weighted by molar-refractivity contribution is -0.130. The molecule has 1 aliphatic rings. The van der Waals surface area contributed by atoms with Gasteiger partial charge in [0, 0.05) is 33.1 Å². The van der Waals surface area contributed by atoms with E-state index in [4.69, 9.17) is 9.15 Å². The summed E-state index contributed by atoms with van der Waals surface area (Å²) in [6, 6.07) is 7.66. The number of methoxy groups -OCH3 is 1. The molecule has 0 aliphatic carbocycles. The van der Waals surface area contributed by atoms with E-state index in [2.05, 4.69) is 15.1 Å². The van der Waals surface area contributed by atoms with Gasteiger partial charge in [-0.15, -0.1) is 10.2 Å². The highest BCUT2D eigenvalue weighted by Gasteiger charge is 2.20. The van der Waals surface area contributed by atoms with Gasteiger partial charge in [0.05, 0.1) is 20.1 Å². The summed E-state index contributed by atoms with van der Waals surface area (Å²) in [5.41, 5.74) is 1.01. The van der Waals surface area contributed by atoms with Crippen LogP contribution in [0.5, 0.6) is 5.75 Å². The molecule has 3 rings (SSSR count). The van der Waals surface area contributed by atoms with Gasteiger partial charge in [-0.05, 0) is 24.1 Å². The maximum atomic E-state index is 12.6. The topological polar surface area (TPSA) is 71.7 Å². The van der Waals surface area contributed by atoms with Gasteiger partial charge in [-0.1, -0.05) is 12.1 Å². The van der Waals surface area contributed by atoms with E-state index in [0.717, 1.165) is 43.9 Å². The van der Waals surface area contributed by atoms with E-state index >= 15 is 0 Å². The Balaban J connectivity index is 1.52. The Morgan fingerprint density at radius 3 is 2.64 bits per heavy atom. The van der Waals surface area contributed by atoms with Crippen LogP contribution in [0.4, 0.5) is 0 Å². The minimum absolute atomic E-state index is 0.167. The number of ether oxygens (including phenoxy) is 1. The normalized spacial score (nSPS) is 15.8. The molecule has 25 heavy (non-hydrogen) atoms. The first-order valence-electron chi connectivity index (χ1n) is 8.56. The molecule has 0 spiro atoms. The molecule has 7 heteroatoms. The average Bonchev–Trinajstić information content (AvgIpc) is 2.88. The molecule has 1 aromatic carbocycles. The van der Waals surface area contributed by atoms with Crippen LogP contribution in [-0.2, 0) is 17.8 Å². The molecule has 1 amide bonds. The van der Waals surface area contributed by atoms with Crippen molar-refractivity contribution in [3.63, 3.8) is 0 Å². The van der Waals surface area contributed by atoms with E-state index in [-0.39, 0.29) is 5.91 Å². The molecule has 1 aromatic heterocycles. The number of amides is 1. The van der Waals surface area contributed by atoms with Gasteiger partial charge in [0.2, 0.25) is 17.7 Å². The third-order valence-electron chi connectivity index (χ3n) is 4.38. The summed E-state index contributed by atoms with van der Waals surface area (Å²) < 4.78 is 10.6. The minimum atomic E-state index is 0.167. The van der Waals surface area contributed by atoms with Gasteiger partial charge in [0.25, 0.3) is 0 Å². The minimum Gasteiger partial charge on any atom is -0.497 e. The van der Waals surface area contributed by atoms with Crippen LogP contribution in [0.25, 0.3) is 0 Å². The molecular formula is C18H24N4O3. The number of nitrogens with zero attached hydrogens (tertiary/aromatic N) is 4. The van der Waals surface area contributed by atoms with Crippen molar-refractivity contribution in [1.82, 2.24) is 20.0 Å². The maximum absolute atomic E-state index is 12.6. The molecule has 0 saturated carbocycles. The number of hydrogen-bond acceptors (Lipinski definition) is 6. The Bertz CT molecular complexity index is 699. The summed E-state index contributed by atoms with van der Waals surface area (Å²) in [6.45, 7) is 5.68. The van der Waals surface area contributed by atoms with Crippen LogP contribution in [0.2, 0.25) is 0 Å². The van der Waals surface area contributed by atoms with Crippen LogP contribution in [0, 0.1) is 6.92 Å². The monoisotopic (exact) mass is 344 g/mol. The first kappa shape index (κ1) is 17.4. The molecular weight excluding hydrogens is 320 g/mol. The molecule has 134 valence electrons. The van der Waals surface area contributed by atoms with Gasteiger partial charge in [0.1, 0.15) is 5.75 Å². The zero-order chi connectivity index (χ0) is 17.6. The Morgan fingerprint density at radius 1 is 1.16 bits per heavy atom. The second kappa shape index (κ2) is 8.11. The van der Waals surface area contributed by atoms with Crippen molar-refractivity contribution in [3.05, 3.63) is 41.6 Å². The van der Waals surface area contributed by atoms with E-state index in [1.807, 2.05) is 29.2 Å². The molecule has 1 aliphatic heterocycles. The fraction of sp³-hybridized carbons (Fsp3) is 0.500. The van der Waals surface area contributed by atoms with Crippen LogP contribution in [0.15, 0.2) is 28.7 Å². The maximum Gasteiger partial charge on any atom is 0.230 e. The summed E-state index contributed by atoms with van der Waals surface area (Å²) in [4.78, 5) is 16.8. The van der Waals surface area contributed by atoms with Crippen LogP contribution in [0.1, 0.15) is 23.8 Å². The van der Waals surface area contributed by atoms with Crippen molar-refractivity contribution in [1.29, 1.82) is 0 Å². The molecule has 2 heterocycles. The van der Waals surface area contributed by atoms with Gasteiger partial charge in [-0.25, -0.2) is 0 Å². The highest BCUT2D eigenvalue weighted by atomic mass is 16.5. The smallest absolute Gasteiger partial charge is 0.230 e. The van der Waals surface area contributed by atoms with Gasteiger partial charge in [-0.2, -0.15) is 0 Å². The van der Waals surface area contributed by atoms with Crippen LogP contribution >= 0.6 is 0 Å². The Labute approximate surface area is 147 Å². The van der Waals surface area contributed by atoms with Crippen molar-refractivity contribution in [2.75, 3.05) is 33.3 Å². The van der Waals surface area contributed by atoms with Crippen molar-refractivity contribution in [3.8, 4) is 5.75 Å². The number of hydrogen-bond donors (Lipinski definition) is 0. The Morgan fingerprint density at radius 2 is 1.96 bits per heavy atom. The third-order valence-corrected chi connectivity index (χ3v) is 4.38. The lowest BCUT2D eigenvalue weighted by Gasteiger charge is -2.21. The molecule has 0 unspecified atom stereocenters. The lowest BCUT2D eigenvalue weighted by atomic mass is 10.1. The second-order valence-corrected chi connectivity index (χ2v) is 6.25. The number of carbonyl (C=O) groups excluding carboxylic acids is 1. The lowest BCUT2D eigenvalue weighted by Crippen LogP contribution is -2.36. The van der Waals surface area contributed by atoms with Crippen molar-refractivity contribution < 1.29 is 13.9 Å². The largest absolute Gasteiger partial charge is 0.497 e. The van der Waals surface area contributed by atoms with Gasteiger partial charge in [-0.3, -0.25) is 9.69 Å². The summed E-state index contributed by atoms with van der Waals surface area (Å²) in [5.74, 6) is 2.19. The highest BCUT2D eigenvalue weighted by molar-refractivity contribution is 5.78. The number of benzene rings is 1. The number of rotatable bonds is 5. The van der Waals surface area contributed by atoms with Crippen LogP contribution in [0.3, 0.4) is 0 Å². The summed E-state index contributed by atoms with van der Waals surface area (Å²) in [7, 11) is 1.64. The molecule has 1 saturated heterocycles. The van der Waals surface area contributed by atoms with Crippen molar-refractivity contribution in [2.45, 2.75) is 26.3 Å². The predicted octanol–water partition coefficient (Wildman–Crippen LogP) is 1.66. The fourth-order valence-electron chi connectivity index (χ4n) is 3.00. The molecule has 1 fully saturated rings. The number of aryl methyl sites for hydroxylation is 1. The van der Waals surface area contributed by atoms with E-state index in [1.54, 1.807) is 14.0 Å². The number of aromatic nitrogens is 2. The third kappa shape index (κ3) is 4.79. The van der Waals surface area contributed by atoms with Crippen molar-refractivity contribution in [2.24, 2.45) is 0 Å². The van der Waals surface area contributed by atoms with Gasteiger partial charge in [0.15, 0.2) is 0 Å². The van der Waals surface area contributed by atoms with E-state index in [9.17, 15) is 4.79 Å². The molecule has 7 nitrogen and oxygen atoms in total.